The van der Waals surface area contributed by atoms with Gasteiger partial charge in [0.05, 0.1) is 29.0 Å². The molecular formula is C26H30N8O. The van der Waals surface area contributed by atoms with E-state index in [9.17, 15) is 5.26 Å². The van der Waals surface area contributed by atoms with Crippen molar-refractivity contribution in [3.05, 3.63) is 53.5 Å². The van der Waals surface area contributed by atoms with Gasteiger partial charge in [0.15, 0.2) is 0 Å². The predicted octanol–water partition coefficient (Wildman–Crippen LogP) is 2.28. The molecule has 3 atom stereocenters. The standard InChI is InChI=1S/C26H30N8O/c1-17-13-34(24-5-4-18(9-27)25-22(24)3-2-7-29-25)16-21(35-17)15-33-8-6-20(14-33)31-26-30-11-19-10-28-12-23(19)32-26/h2-5,7,11,17,20-21,28H,6,8,10,12-16H2,1H3,(H,30,31,32)/t17-,20?,21+/m1/s1. The first-order valence-electron chi connectivity index (χ1n) is 12.4. The van der Waals surface area contributed by atoms with Gasteiger partial charge in [-0.1, -0.05) is 0 Å². The summed E-state index contributed by atoms with van der Waals surface area (Å²) in [4.78, 5) is 18.5. The van der Waals surface area contributed by atoms with Crippen molar-refractivity contribution in [1.29, 1.82) is 5.26 Å². The van der Waals surface area contributed by atoms with Crippen LogP contribution in [-0.2, 0) is 17.8 Å². The average Bonchev–Trinajstić information content (AvgIpc) is 3.52. The number of pyridine rings is 1. The second-order valence-electron chi connectivity index (χ2n) is 9.78. The Morgan fingerprint density at radius 2 is 2.14 bits per heavy atom. The van der Waals surface area contributed by atoms with Crippen LogP contribution in [0.25, 0.3) is 10.9 Å². The van der Waals surface area contributed by atoms with Crippen molar-refractivity contribution in [2.24, 2.45) is 0 Å². The minimum absolute atomic E-state index is 0.113. The Labute approximate surface area is 205 Å². The highest BCUT2D eigenvalue weighted by Crippen LogP contribution is 2.30. The van der Waals surface area contributed by atoms with E-state index in [2.05, 4.69) is 60.5 Å². The number of rotatable bonds is 5. The molecule has 2 aromatic heterocycles. The first-order chi connectivity index (χ1) is 17.2. The molecule has 0 bridgehead atoms. The molecule has 0 amide bonds. The summed E-state index contributed by atoms with van der Waals surface area (Å²) < 4.78 is 6.36. The van der Waals surface area contributed by atoms with Gasteiger partial charge in [0.25, 0.3) is 0 Å². The van der Waals surface area contributed by atoms with Crippen molar-refractivity contribution in [1.82, 2.24) is 25.2 Å². The molecule has 5 heterocycles. The Morgan fingerprint density at radius 1 is 1.20 bits per heavy atom. The Morgan fingerprint density at radius 3 is 3.06 bits per heavy atom. The largest absolute Gasteiger partial charge is 0.370 e. The number of likely N-dealkylation sites (tertiary alicyclic amines) is 1. The molecule has 9 heteroatoms. The Hall–Kier alpha value is -3.32. The van der Waals surface area contributed by atoms with Crippen LogP contribution in [0, 0.1) is 11.3 Å². The van der Waals surface area contributed by atoms with Crippen molar-refractivity contribution in [2.45, 2.75) is 44.7 Å². The number of hydrogen-bond acceptors (Lipinski definition) is 9. The topological polar surface area (TPSA) is 102 Å². The third-order valence-corrected chi connectivity index (χ3v) is 7.16. The maximum absolute atomic E-state index is 9.49. The van der Waals surface area contributed by atoms with E-state index in [4.69, 9.17) is 4.74 Å². The smallest absolute Gasteiger partial charge is 0.223 e. The van der Waals surface area contributed by atoms with Gasteiger partial charge in [-0.2, -0.15) is 5.26 Å². The summed E-state index contributed by atoms with van der Waals surface area (Å²) in [5.74, 6) is 0.731. The zero-order valence-electron chi connectivity index (χ0n) is 19.9. The second-order valence-corrected chi connectivity index (χ2v) is 9.78. The second kappa shape index (κ2) is 9.38. The van der Waals surface area contributed by atoms with Crippen LogP contribution in [0.15, 0.2) is 36.7 Å². The summed E-state index contributed by atoms with van der Waals surface area (Å²) >= 11 is 0. The fourth-order valence-corrected chi connectivity index (χ4v) is 5.58. The molecular weight excluding hydrogens is 440 g/mol. The molecule has 0 saturated carbocycles. The van der Waals surface area contributed by atoms with Crippen molar-refractivity contribution in [2.75, 3.05) is 42.9 Å². The Balaban J connectivity index is 1.11. The molecule has 3 aliphatic heterocycles. The van der Waals surface area contributed by atoms with Crippen molar-refractivity contribution in [3.63, 3.8) is 0 Å². The van der Waals surface area contributed by atoms with Crippen molar-refractivity contribution < 1.29 is 4.74 Å². The molecule has 0 radical (unpaired) electrons. The molecule has 6 rings (SSSR count). The molecule has 1 aromatic carbocycles. The van der Waals surface area contributed by atoms with E-state index in [1.165, 1.54) is 5.56 Å². The van der Waals surface area contributed by atoms with Gasteiger partial charge in [-0.3, -0.25) is 9.88 Å². The Kier molecular flexibility index (Phi) is 5.94. The van der Waals surface area contributed by atoms with E-state index in [0.29, 0.717) is 11.6 Å². The average molecular weight is 471 g/mol. The molecule has 0 spiro atoms. The normalized spacial score (nSPS) is 24.5. The molecule has 3 aromatic rings. The van der Waals surface area contributed by atoms with E-state index in [-0.39, 0.29) is 12.2 Å². The number of aromatic nitrogens is 3. The third kappa shape index (κ3) is 4.52. The van der Waals surface area contributed by atoms with Gasteiger partial charge in [0.1, 0.15) is 6.07 Å². The minimum Gasteiger partial charge on any atom is -0.370 e. The van der Waals surface area contributed by atoms with E-state index < -0.39 is 0 Å². The quantitative estimate of drug-likeness (QED) is 0.581. The number of hydrogen-bond donors (Lipinski definition) is 2. The van der Waals surface area contributed by atoms with Crippen LogP contribution in [0.3, 0.4) is 0 Å². The van der Waals surface area contributed by atoms with E-state index >= 15 is 0 Å². The molecule has 2 N–H and O–H groups in total. The summed E-state index contributed by atoms with van der Waals surface area (Å²) in [5.41, 5.74) is 4.80. The van der Waals surface area contributed by atoms with E-state index in [0.717, 1.165) is 80.5 Å². The number of nitrogens with zero attached hydrogens (tertiary/aromatic N) is 6. The first kappa shape index (κ1) is 22.2. The fraction of sp³-hybridized carbons (Fsp3) is 0.462. The molecule has 35 heavy (non-hydrogen) atoms. The zero-order valence-corrected chi connectivity index (χ0v) is 19.9. The highest BCUT2D eigenvalue weighted by molar-refractivity contribution is 5.95. The van der Waals surface area contributed by atoms with Crippen molar-refractivity contribution in [3.8, 4) is 6.07 Å². The number of morpholine rings is 1. The number of fused-ring (bicyclic) bond motifs is 2. The monoisotopic (exact) mass is 470 g/mol. The molecule has 2 fully saturated rings. The van der Waals surface area contributed by atoms with Crippen LogP contribution in [0.1, 0.15) is 30.2 Å². The van der Waals surface area contributed by atoms with Crippen LogP contribution >= 0.6 is 0 Å². The molecule has 9 nitrogen and oxygen atoms in total. The van der Waals surface area contributed by atoms with Gasteiger partial charge in [0.2, 0.25) is 5.95 Å². The summed E-state index contributed by atoms with van der Waals surface area (Å²) in [6.07, 6.45) is 4.99. The Bertz CT molecular complexity index is 1270. The SMILES string of the molecule is C[C@@H]1CN(c2ccc(C#N)c3ncccc23)C[C@H](CN2CCC(Nc3ncc4c(n3)CNC4)C2)O1. The zero-order chi connectivity index (χ0) is 23.8. The van der Waals surface area contributed by atoms with Crippen LogP contribution in [0.4, 0.5) is 11.6 Å². The van der Waals surface area contributed by atoms with Crippen LogP contribution in [0.5, 0.6) is 0 Å². The number of nitriles is 1. The highest BCUT2D eigenvalue weighted by Gasteiger charge is 2.31. The summed E-state index contributed by atoms with van der Waals surface area (Å²) in [7, 11) is 0. The number of ether oxygens (including phenoxy) is 1. The number of benzene rings is 1. The third-order valence-electron chi connectivity index (χ3n) is 7.16. The molecule has 0 aliphatic carbocycles. The van der Waals surface area contributed by atoms with E-state index in [1.54, 1.807) is 6.20 Å². The van der Waals surface area contributed by atoms with E-state index in [1.807, 2.05) is 18.3 Å². The number of nitrogens with one attached hydrogen (secondary N) is 2. The van der Waals surface area contributed by atoms with Gasteiger partial charge >= 0.3 is 0 Å². The minimum atomic E-state index is 0.113. The lowest BCUT2D eigenvalue weighted by molar-refractivity contribution is -0.0294. The van der Waals surface area contributed by atoms with Gasteiger partial charge in [-0.15, -0.1) is 0 Å². The lowest BCUT2D eigenvalue weighted by Crippen LogP contribution is -2.50. The summed E-state index contributed by atoms with van der Waals surface area (Å²) in [5, 5.41) is 17.4. The summed E-state index contributed by atoms with van der Waals surface area (Å²) in [6, 6.07) is 10.5. The van der Waals surface area contributed by atoms with Crippen LogP contribution < -0.4 is 15.5 Å². The maximum atomic E-state index is 9.49. The van der Waals surface area contributed by atoms with Crippen LogP contribution in [-0.4, -0.2) is 70.8 Å². The molecule has 180 valence electrons. The molecule has 1 unspecified atom stereocenters. The first-order valence-corrected chi connectivity index (χ1v) is 12.4. The van der Waals surface area contributed by atoms with Gasteiger partial charge in [-0.25, -0.2) is 9.97 Å². The van der Waals surface area contributed by atoms with Crippen molar-refractivity contribution >= 4 is 22.5 Å². The lowest BCUT2D eigenvalue weighted by Gasteiger charge is -2.40. The van der Waals surface area contributed by atoms with Gasteiger partial charge in [0, 0.05) is 80.9 Å². The molecule has 2 saturated heterocycles. The fourth-order valence-electron chi connectivity index (χ4n) is 5.58. The predicted molar refractivity (Wildman–Crippen MR) is 134 cm³/mol. The van der Waals surface area contributed by atoms with Gasteiger partial charge in [-0.05, 0) is 37.6 Å². The van der Waals surface area contributed by atoms with Crippen LogP contribution in [0.2, 0.25) is 0 Å². The molecule has 3 aliphatic rings. The number of anilines is 2. The maximum Gasteiger partial charge on any atom is 0.223 e. The summed E-state index contributed by atoms with van der Waals surface area (Å²) in [6.45, 7) is 8.33. The van der Waals surface area contributed by atoms with Gasteiger partial charge < -0.3 is 20.3 Å². The highest BCUT2D eigenvalue weighted by atomic mass is 16.5. The lowest BCUT2D eigenvalue weighted by atomic mass is 10.1.